The van der Waals surface area contributed by atoms with Gasteiger partial charge in [-0.1, -0.05) is 20.8 Å². The number of aromatic hydroxyl groups is 1. The number of phenolic OH excluding ortho intramolecular Hbond substituents is 1. The molecule has 2 unspecified atom stereocenters. The van der Waals surface area contributed by atoms with Crippen LogP contribution in [0, 0.1) is 23.2 Å². The zero-order valence-electron chi connectivity index (χ0n) is 35.1. The fraction of sp³-hybridized carbons (Fsp3) is 0.707. The molecule has 0 aliphatic carbocycles. The summed E-state index contributed by atoms with van der Waals surface area (Å²) in [6.45, 7) is 21.7. The first-order chi connectivity index (χ1) is 26.3. The monoisotopic (exact) mass is 797 g/mol. The predicted molar refractivity (Wildman–Crippen MR) is 210 cm³/mol. The molecule has 1 aromatic carbocycles. The van der Waals surface area contributed by atoms with Crippen molar-refractivity contribution in [3.05, 3.63) is 39.7 Å². The molecule has 1 aromatic heterocycles. The molecule has 2 aromatic rings. The summed E-state index contributed by atoms with van der Waals surface area (Å²) in [6, 6.07) is 4.65. The van der Waals surface area contributed by atoms with Crippen molar-refractivity contribution in [3.8, 4) is 5.75 Å². The number of phenols is 1. The molecule has 1 fully saturated rings. The number of epoxide rings is 1. The smallest absolute Gasteiger partial charge is 0.336 e. The number of ether oxygens (including phenoxy) is 6. The van der Waals surface area contributed by atoms with E-state index in [-0.39, 0.29) is 81.3 Å². The summed E-state index contributed by atoms with van der Waals surface area (Å²) in [5.74, 6) is -0.663. The molecule has 1 aliphatic heterocycles. The molecule has 56 heavy (non-hydrogen) atoms. The van der Waals surface area contributed by atoms with Crippen LogP contribution in [-0.2, 0) is 49.3 Å². The Morgan fingerprint density at radius 1 is 0.839 bits per heavy atom. The molecule has 2 atom stereocenters. The van der Waals surface area contributed by atoms with Gasteiger partial charge in [0.05, 0.1) is 67.6 Å². The second-order valence-corrected chi connectivity index (χ2v) is 15.4. The van der Waals surface area contributed by atoms with Crippen LogP contribution >= 0.6 is 0 Å². The Balaban J connectivity index is 0.000000499. The van der Waals surface area contributed by atoms with Crippen molar-refractivity contribution in [2.24, 2.45) is 16.2 Å². The number of benzene rings is 1. The molecule has 0 radical (unpaired) electrons. The molecule has 320 valence electrons. The number of esters is 3. The van der Waals surface area contributed by atoms with E-state index >= 15 is 0 Å². The Labute approximate surface area is 331 Å². The highest BCUT2D eigenvalue weighted by molar-refractivity contribution is 5.84. The minimum atomic E-state index is -0.793. The summed E-state index contributed by atoms with van der Waals surface area (Å²) < 4.78 is 35.9. The molecule has 4 N–H and O–H groups in total. The number of hydrogen-bond acceptors (Lipinski definition) is 15. The van der Waals surface area contributed by atoms with Crippen LogP contribution in [0.5, 0.6) is 5.75 Å². The number of fused-ring (bicyclic) bond motifs is 1. The molecule has 0 saturated carbocycles. The minimum Gasteiger partial charge on any atom is -0.507 e. The highest BCUT2D eigenvalue weighted by atomic mass is 16.6. The average Bonchev–Trinajstić information content (AvgIpc) is 3.99. The largest absolute Gasteiger partial charge is 0.507 e. The molecule has 0 spiro atoms. The van der Waals surface area contributed by atoms with Gasteiger partial charge in [-0.25, -0.2) is 4.79 Å². The number of carbonyl (C=O) groups is 3. The SMILES string of the molecule is CCC(C)(C)C(=O)OCCO.CCC(C)(C)C(=O)OCCOCC(O)CNCc1c(O)ccc2c(C)cc(=O)oc12.CCC(C)(C)C(=O)OCCOCC1CO1. The summed E-state index contributed by atoms with van der Waals surface area (Å²) >= 11 is 0. The van der Waals surface area contributed by atoms with Crippen molar-refractivity contribution >= 4 is 28.9 Å². The van der Waals surface area contributed by atoms with Crippen molar-refractivity contribution in [2.75, 3.05) is 66.0 Å². The van der Waals surface area contributed by atoms with Crippen molar-refractivity contribution in [1.82, 2.24) is 5.32 Å². The Morgan fingerprint density at radius 2 is 1.34 bits per heavy atom. The van der Waals surface area contributed by atoms with Crippen molar-refractivity contribution in [2.45, 2.75) is 107 Å². The van der Waals surface area contributed by atoms with Crippen LogP contribution in [0.2, 0.25) is 0 Å². The maximum absolute atomic E-state index is 11.8. The lowest BCUT2D eigenvalue weighted by molar-refractivity contribution is -0.156. The van der Waals surface area contributed by atoms with E-state index < -0.39 is 22.6 Å². The van der Waals surface area contributed by atoms with Crippen LogP contribution in [-0.4, -0.2) is 111 Å². The van der Waals surface area contributed by atoms with E-state index in [4.69, 9.17) is 37.9 Å². The second kappa shape index (κ2) is 24.9. The Hall–Kier alpha value is -3.60. The number of hydrogen-bond donors (Lipinski definition) is 4. The van der Waals surface area contributed by atoms with Gasteiger partial charge in [0.15, 0.2) is 0 Å². The maximum atomic E-state index is 11.8. The zero-order chi connectivity index (χ0) is 42.5. The fourth-order valence-corrected chi connectivity index (χ4v) is 4.17. The standard InChI is InChI=1S/C22H31NO7.C11H20O4.C8H16O3/c1-5-22(3,4)21(27)29-9-8-28-13-15(24)11-23-12-17-18(25)7-6-16-14(2)10-19(26)30-20(16)17;1-4-11(2,3)10(12)14-6-5-13-7-9-8-15-9;1-4-8(2,3)7(10)11-6-5-9/h6-7,10,15,23-25H,5,8-9,11-13H2,1-4H3;9H,4-8H2,1-3H3;9H,4-6H2,1-3H3. The number of aliphatic hydroxyl groups is 2. The lowest BCUT2D eigenvalue weighted by atomic mass is 9.91. The molecular formula is C41H67NO14. The normalized spacial score (nSPS) is 14.5. The van der Waals surface area contributed by atoms with E-state index in [0.717, 1.165) is 30.4 Å². The quantitative estimate of drug-likeness (QED) is 0.0422. The van der Waals surface area contributed by atoms with Crippen LogP contribution in [0.4, 0.5) is 0 Å². The van der Waals surface area contributed by atoms with E-state index in [1.54, 1.807) is 19.1 Å². The van der Waals surface area contributed by atoms with E-state index in [1.165, 1.54) is 6.07 Å². The lowest BCUT2D eigenvalue weighted by Gasteiger charge is -2.20. The third kappa shape index (κ3) is 18.6. The van der Waals surface area contributed by atoms with Gasteiger partial charge in [0, 0.05) is 24.5 Å². The van der Waals surface area contributed by atoms with Gasteiger partial charge in [0.25, 0.3) is 0 Å². The lowest BCUT2D eigenvalue weighted by Crippen LogP contribution is -2.31. The first-order valence-corrected chi connectivity index (χ1v) is 19.3. The van der Waals surface area contributed by atoms with Gasteiger partial charge in [0.2, 0.25) is 0 Å². The fourth-order valence-electron chi connectivity index (χ4n) is 4.17. The summed E-state index contributed by atoms with van der Waals surface area (Å²) in [4.78, 5) is 46.1. The highest BCUT2D eigenvalue weighted by Crippen LogP contribution is 2.28. The third-order valence-electron chi connectivity index (χ3n) is 9.45. The van der Waals surface area contributed by atoms with Gasteiger partial charge in [0.1, 0.15) is 37.3 Å². The minimum absolute atomic E-state index is 0.00584. The van der Waals surface area contributed by atoms with Crippen LogP contribution in [0.1, 0.15) is 92.7 Å². The van der Waals surface area contributed by atoms with Crippen LogP contribution in [0.25, 0.3) is 11.0 Å². The van der Waals surface area contributed by atoms with Gasteiger partial charge in [-0.05, 0) is 85.4 Å². The predicted octanol–water partition coefficient (Wildman–Crippen LogP) is 4.59. The summed E-state index contributed by atoms with van der Waals surface area (Å²) in [5.41, 5.74) is -0.271. The topological polar surface area (TPSA) is 213 Å². The van der Waals surface area contributed by atoms with Crippen LogP contribution in [0.3, 0.4) is 0 Å². The summed E-state index contributed by atoms with van der Waals surface area (Å²) in [7, 11) is 0. The molecule has 15 nitrogen and oxygen atoms in total. The van der Waals surface area contributed by atoms with E-state index in [0.29, 0.717) is 37.4 Å². The van der Waals surface area contributed by atoms with Gasteiger partial charge in [-0.3, -0.25) is 14.4 Å². The molecule has 0 amide bonds. The molecule has 2 heterocycles. The third-order valence-corrected chi connectivity index (χ3v) is 9.45. The number of aryl methyl sites for hydroxylation is 1. The van der Waals surface area contributed by atoms with Gasteiger partial charge in [-0.2, -0.15) is 0 Å². The maximum Gasteiger partial charge on any atom is 0.336 e. The summed E-state index contributed by atoms with van der Waals surface area (Å²) in [6.07, 6.45) is 1.69. The number of rotatable bonds is 22. The van der Waals surface area contributed by atoms with E-state index in [2.05, 4.69) is 5.32 Å². The Morgan fingerprint density at radius 3 is 1.82 bits per heavy atom. The first kappa shape index (κ1) is 50.4. The van der Waals surface area contributed by atoms with Gasteiger partial charge < -0.3 is 53.5 Å². The van der Waals surface area contributed by atoms with E-state index in [1.807, 2.05) is 62.3 Å². The Bertz CT molecular complexity index is 1550. The zero-order valence-corrected chi connectivity index (χ0v) is 35.1. The molecule has 1 saturated heterocycles. The van der Waals surface area contributed by atoms with E-state index in [9.17, 15) is 29.4 Å². The van der Waals surface area contributed by atoms with Gasteiger partial charge >= 0.3 is 23.5 Å². The van der Waals surface area contributed by atoms with Crippen molar-refractivity contribution in [3.63, 3.8) is 0 Å². The molecule has 0 bridgehead atoms. The Kier molecular flexibility index (Phi) is 22.4. The number of nitrogens with one attached hydrogen (secondary N) is 1. The van der Waals surface area contributed by atoms with Crippen molar-refractivity contribution < 1.29 is 62.5 Å². The second-order valence-electron chi connectivity index (χ2n) is 15.4. The van der Waals surface area contributed by atoms with Gasteiger partial charge in [-0.15, -0.1) is 0 Å². The number of aliphatic hydroxyl groups excluding tert-OH is 2. The molecule has 3 rings (SSSR count). The molecule has 1 aliphatic rings. The molecular weight excluding hydrogens is 730 g/mol. The summed E-state index contributed by atoms with van der Waals surface area (Å²) in [5, 5.41) is 32.3. The van der Waals surface area contributed by atoms with Crippen molar-refractivity contribution in [1.29, 1.82) is 0 Å². The van der Waals surface area contributed by atoms with Crippen LogP contribution < -0.4 is 10.9 Å². The number of carbonyl (C=O) groups excluding carboxylic acids is 3. The first-order valence-electron chi connectivity index (χ1n) is 19.3. The highest BCUT2D eigenvalue weighted by Gasteiger charge is 2.28. The molecule has 15 heteroatoms. The average molecular weight is 798 g/mol. The van der Waals surface area contributed by atoms with Crippen LogP contribution in [0.15, 0.2) is 27.4 Å².